The minimum atomic E-state index is 0.0856. The first-order valence-corrected chi connectivity index (χ1v) is 6.62. The molecule has 0 amide bonds. The van der Waals surface area contributed by atoms with E-state index in [-0.39, 0.29) is 5.54 Å². The van der Waals surface area contributed by atoms with Gasteiger partial charge in [-0.1, -0.05) is 5.21 Å². The van der Waals surface area contributed by atoms with Gasteiger partial charge in [0, 0.05) is 31.0 Å². The average molecular weight is 262 g/mol. The van der Waals surface area contributed by atoms with E-state index >= 15 is 0 Å². The van der Waals surface area contributed by atoms with Gasteiger partial charge in [0.05, 0.1) is 11.9 Å². The van der Waals surface area contributed by atoms with E-state index in [4.69, 9.17) is 0 Å². The molecule has 0 saturated heterocycles. The molecule has 1 N–H and O–H groups in total. The molecule has 6 nitrogen and oxygen atoms in total. The standard InChI is InChI=1S/C13H22N6/c1-5-18-7-6-14-12(18)10-19-9-11(16-17-19)8-15-13(2,3)4/h6-7,9,15H,5,8,10H2,1-4H3. The van der Waals surface area contributed by atoms with E-state index in [1.807, 2.05) is 23.3 Å². The van der Waals surface area contributed by atoms with Gasteiger partial charge in [-0.05, 0) is 27.7 Å². The summed E-state index contributed by atoms with van der Waals surface area (Å²) in [5.41, 5.74) is 1.03. The third-order valence-corrected chi connectivity index (χ3v) is 2.83. The Morgan fingerprint density at radius 2 is 2.11 bits per heavy atom. The summed E-state index contributed by atoms with van der Waals surface area (Å²) in [6.45, 7) is 10.8. The number of imidazole rings is 1. The van der Waals surface area contributed by atoms with Crippen LogP contribution in [0.4, 0.5) is 0 Å². The molecule has 0 aliphatic rings. The van der Waals surface area contributed by atoms with Crippen molar-refractivity contribution in [1.82, 2.24) is 29.9 Å². The Balaban J connectivity index is 1.98. The van der Waals surface area contributed by atoms with Gasteiger partial charge in [-0.25, -0.2) is 9.67 Å². The number of hydrogen-bond acceptors (Lipinski definition) is 4. The van der Waals surface area contributed by atoms with E-state index < -0.39 is 0 Å². The molecule has 0 aliphatic heterocycles. The van der Waals surface area contributed by atoms with Gasteiger partial charge in [0.25, 0.3) is 0 Å². The summed E-state index contributed by atoms with van der Waals surface area (Å²) in [5.74, 6) is 1.00. The van der Waals surface area contributed by atoms with Gasteiger partial charge < -0.3 is 9.88 Å². The summed E-state index contributed by atoms with van der Waals surface area (Å²) >= 11 is 0. The lowest BCUT2D eigenvalue weighted by molar-refractivity contribution is 0.421. The van der Waals surface area contributed by atoms with E-state index in [0.29, 0.717) is 6.54 Å². The Morgan fingerprint density at radius 3 is 2.79 bits per heavy atom. The van der Waals surface area contributed by atoms with E-state index in [1.165, 1.54) is 0 Å². The van der Waals surface area contributed by atoms with Crippen LogP contribution in [0.15, 0.2) is 18.6 Å². The molecular weight excluding hydrogens is 240 g/mol. The second-order valence-corrected chi connectivity index (χ2v) is 5.64. The van der Waals surface area contributed by atoms with E-state index in [1.54, 1.807) is 0 Å². The Morgan fingerprint density at radius 1 is 1.32 bits per heavy atom. The predicted molar refractivity (Wildman–Crippen MR) is 73.6 cm³/mol. The maximum Gasteiger partial charge on any atom is 0.130 e. The summed E-state index contributed by atoms with van der Waals surface area (Å²) in [5, 5.41) is 11.7. The fraction of sp³-hybridized carbons (Fsp3) is 0.615. The van der Waals surface area contributed by atoms with Crippen molar-refractivity contribution in [3.8, 4) is 0 Å². The Kier molecular flexibility index (Phi) is 3.99. The smallest absolute Gasteiger partial charge is 0.130 e. The van der Waals surface area contributed by atoms with Gasteiger partial charge in [0.2, 0.25) is 0 Å². The summed E-state index contributed by atoms with van der Waals surface area (Å²) in [6.07, 6.45) is 5.76. The number of aryl methyl sites for hydroxylation is 1. The largest absolute Gasteiger partial charge is 0.334 e. The van der Waals surface area contributed by atoms with Crippen molar-refractivity contribution < 1.29 is 0 Å². The molecule has 2 rings (SSSR count). The van der Waals surface area contributed by atoms with Crippen molar-refractivity contribution in [3.63, 3.8) is 0 Å². The summed E-state index contributed by atoms with van der Waals surface area (Å²) < 4.78 is 3.93. The maximum atomic E-state index is 4.34. The Bertz CT molecular complexity index is 519. The molecule has 0 fully saturated rings. The third-order valence-electron chi connectivity index (χ3n) is 2.83. The van der Waals surface area contributed by atoms with E-state index in [9.17, 15) is 0 Å². The van der Waals surface area contributed by atoms with Gasteiger partial charge in [-0.3, -0.25) is 0 Å². The van der Waals surface area contributed by atoms with Crippen molar-refractivity contribution in [2.24, 2.45) is 0 Å². The molecule has 0 bridgehead atoms. The molecule has 0 atom stereocenters. The Hall–Kier alpha value is -1.69. The van der Waals surface area contributed by atoms with Crippen molar-refractivity contribution in [2.75, 3.05) is 0 Å². The lowest BCUT2D eigenvalue weighted by Gasteiger charge is -2.19. The molecule has 2 heterocycles. The molecule has 2 aromatic heterocycles. The van der Waals surface area contributed by atoms with Gasteiger partial charge in [0.1, 0.15) is 12.4 Å². The van der Waals surface area contributed by atoms with Crippen LogP contribution in [0, 0.1) is 0 Å². The number of nitrogens with zero attached hydrogens (tertiary/aromatic N) is 5. The first kappa shape index (κ1) is 13.7. The summed E-state index contributed by atoms with van der Waals surface area (Å²) in [7, 11) is 0. The predicted octanol–water partition coefficient (Wildman–Crippen LogP) is 1.43. The first-order chi connectivity index (χ1) is 8.98. The highest BCUT2D eigenvalue weighted by Crippen LogP contribution is 2.04. The van der Waals surface area contributed by atoms with Crippen LogP contribution in [0.5, 0.6) is 0 Å². The number of nitrogens with one attached hydrogen (secondary N) is 1. The van der Waals surface area contributed by atoms with Crippen LogP contribution in [-0.4, -0.2) is 30.1 Å². The van der Waals surface area contributed by atoms with Crippen LogP contribution in [0.2, 0.25) is 0 Å². The summed E-state index contributed by atoms with van der Waals surface area (Å²) in [6, 6.07) is 0. The molecule has 0 saturated carbocycles. The fourth-order valence-corrected chi connectivity index (χ4v) is 1.78. The molecule has 0 aliphatic carbocycles. The van der Waals surface area contributed by atoms with Gasteiger partial charge in [-0.15, -0.1) is 5.10 Å². The zero-order valence-corrected chi connectivity index (χ0v) is 12.1. The Labute approximate surface area is 113 Å². The van der Waals surface area contributed by atoms with Crippen LogP contribution in [0.25, 0.3) is 0 Å². The number of hydrogen-bond donors (Lipinski definition) is 1. The second kappa shape index (κ2) is 5.52. The van der Waals surface area contributed by atoms with Crippen LogP contribution < -0.4 is 5.32 Å². The molecule has 0 spiro atoms. The van der Waals surface area contributed by atoms with E-state index in [2.05, 4.69) is 52.9 Å². The third kappa shape index (κ3) is 3.89. The van der Waals surface area contributed by atoms with E-state index in [0.717, 1.165) is 24.6 Å². The molecule has 104 valence electrons. The highest BCUT2D eigenvalue weighted by atomic mass is 15.4. The lowest BCUT2D eigenvalue weighted by atomic mass is 10.1. The summed E-state index contributed by atoms with van der Waals surface area (Å²) in [4.78, 5) is 4.34. The van der Waals surface area contributed by atoms with Crippen LogP contribution in [0.1, 0.15) is 39.2 Å². The molecule has 2 aromatic rings. The molecule has 19 heavy (non-hydrogen) atoms. The van der Waals surface area contributed by atoms with Crippen molar-refractivity contribution in [3.05, 3.63) is 30.1 Å². The van der Waals surface area contributed by atoms with Crippen LogP contribution >= 0.6 is 0 Å². The van der Waals surface area contributed by atoms with Gasteiger partial charge in [-0.2, -0.15) is 0 Å². The monoisotopic (exact) mass is 262 g/mol. The quantitative estimate of drug-likeness (QED) is 0.885. The average Bonchev–Trinajstić information content (AvgIpc) is 2.95. The molecular formula is C13H22N6. The lowest BCUT2D eigenvalue weighted by Crippen LogP contribution is -2.35. The zero-order valence-electron chi connectivity index (χ0n) is 12.1. The van der Waals surface area contributed by atoms with Crippen LogP contribution in [0.3, 0.4) is 0 Å². The minimum absolute atomic E-state index is 0.0856. The number of rotatable bonds is 5. The molecule has 0 unspecified atom stereocenters. The molecule has 0 radical (unpaired) electrons. The van der Waals surface area contributed by atoms with Crippen molar-refractivity contribution in [2.45, 2.75) is 52.9 Å². The second-order valence-electron chi connectivity index (χ2n) is 5.64. The topological polar surface area (TPSA) is 60.6 Å². The van der Waals surface area contributed by atoms with Gasteiger partial charge >= 0.3 is 0 Å². The fourth-order valence-electron chi connectivity index (χ4n) is 1.78. The SMILES string of the molecule is CCn1ccnc1Cn1cc(CNC(C)(C)C)nn1. The highest BCUT2D eigenvalue weighted by Gasteiger charge is 2.10. The molecule has 6 heteroatoms. The highest BCUT2D eigenvalue weighted by molar-refractivity contribution is 4.97. The first-order valence-electron chi connectivity index (χ1n) is 6.62. The minimum Gasteiger partial charge on any atom is -0.334 e. The van der Waals surface area contributed by atoms with Crippen molar-refractivity contribution in [1.29, 1.82) is 0 Å². The van der Waals surface area contributed by atoms with Gasteiger partial charge in [0.15, 0.2) is 0 Å². The zero-order chi connectivity index (χ0) is 13.9. The van der Waals surface area contributed by atoms with Crippen LogP contribution in [-0.2, 0) is 19.6 Å². The van der Waals surface area contributed by atoms with Crippen molar-refractivity contribution >= 4 is 0 Å². The normalized spacial score (nSPS) is 12.0. The number of aromatic nitrogens is 5. The molecule has 0 aromatic carbocycles. The maximum absolute atomic E-state index is 4.34.